The minimum Gasteiger partial charge on any atom is -0.325 e. The van der Waals surface area contributed by atoms with E-state index in [1.165, 1.54) is 11.8 Å². The lowest BCUT2D eigenvalue weighted by molar-refractivity contribution is -0.113. The van der Waals surface area contributed by atoms with Crippen molar-refractivity contribution in [1.82, 2.24) is 14.8 Å². The summed E-state index contributed by atoms with van der Waals surface area (Å²) in [6, 6.07) is 13.2. The Balaban J connectivity index is 1.64. The van der Waals surface area contributed by atoms with E-state index in [0.29, 0.717) is 10.2 Å². The van der Waals surface area contributed by atoms with Crippen LogP contribution in [0.1, 0.15) is 5.56 Å². The highest BCUT2D eigenvalue weighted by molar-refractivity contribution is 9.10. The molecule has 8 heteroatoms. The zero-order chi connectivity index (χ0) is 18.7. The Bertz CT molecular complexity index is 943. The van der Waals surface area contributed by atoms with E-state index in [1.807, 2.05) is 48.9 Å². The number of carbonyl (C=O) groups is 1. The van der Waals surface area contributed by atoms with Crippen LogP contribution in [-0.4, -0.2) is 26.4 Å². The van der Waals surface area contributed by atoms with Crippen LogP contribution in [0.3, 0.4) is 0 Å². The fourth-order valence-corrected chi connectivity index (χ4v) is 3.58. The number of nitrogens with one attached hydrogen (secondary N) is 1. The average Bonchev–Trinajstić information content (AvgIpc) is 2.97. The molecule has 134 valence electrons. The molecule has 0 atom stereocenters. The predicted octanol–water partition coefficient (Wildman–Crippen LogP) is 4.94. The molecule has 0 bridgehead atoms. The molecule has 0 spiro atoms. The van der Waals surface area contributed by atoms with Crippen molar-refractivity contribution < 1.29 is 4.79 Å². The van der Waals surface area contributed by atoms with Crippen LogP contribution in [0.5, 0.6) is 0 Å². The van der Waals surface area contributed by atoms with Crippen molar-refractivity contribution in [2.45, 2.75) is 12.1 Å². The number of carbonyl (C=O) groups excluding carboxylic acids is 1. The molecular weight excluding hydrogens is 436 g/mol. The third kappa shape index (κ3) is 4.47. The molecule has 1 aromatic heterocycles. The van der Waals surface area contributed by atoms with E-state index in [0.717, 1.165) is 27.1 Å². The number of aromatic nitrogens is 3. The molecule has 0 aliphatic heterocycles. The SMILES string of the molecule is Cc1cc(Cl)ccc1NC(=O)CSc1nnc(-c2ccc(Br)cc2)n1C. The molecule has 0 saturated carbocycles. The molecule has 1 heterocycles. The van der Waals surface area contributed by atoms with Gasteiger partial charge in [0.2, 0.25) is 5.91 Å². The second-order valence-corrected chi connectivity index (χ2v) is 7.96. The van der Waals surface area contributed by atoms with Gasteiger partial charge in [0.15, 0.2) is 11.0 Å². The first-order chi connectivity index (χ1) is 12.4. The number of rotatable bonds is 5. The normalized spacial score (nSPS) is 10.8. The zero-order valence-electron chi connectivity index (χ0n) is 14.2. The van der Waals surface area contributed by atoms with E-state index in [2.05, 4.69) is 31.4 Å². The Morgan fingerprint density at radius 2 is 1.96 bits per heavy atom. The quantitative estimate of drug-likeness (QED) is 0.558. The molecule has 0 saturated heterocycles. The molecule has 1 amide bonds. The minimum atomic E-state index is -0.103. The van der Waals surface area contributed by atoms with Crippen LogP contribution in [0.15, 0.2) is 52.1 Å². The average molecular weight is 452 g/mol. The summed E-state index contributed by atoms with van der Waals surface area (Å²) in [5.41, 5.74) is 2.65. The first-order valence-corrected chi connectivity index (χ1v) is 9.94. The molecule has 3 aromatic rings. The summed E-state index contributed by atoms with van der Waals surface area (Å²) in [6.07, 6.45) is 0. The Morgan fingerprint density at radius 3 is 2.65 bits per heavy atom. The largest absolute Gasteiger partial charge is 0.325 e. The van der Waals surface area contributed by atoms with Crippen molar-refractivity contribution >= 4 is 50.9 Å². The van der Waals surface area contributed by atoms with Gasteiger partial charge in [0.25, 0.3) is 0 Å². The van der Waals surface area contributed by atoms with Gasteiger partial charge in [0.05, 0.1) is 5.75 Å². The summed E-state index contributed by atoms with van der Waals surface area (Å²) in [6.45, 7) is 1.90. The summed E-state index contributed by atoms with van der Waals surface area (Å²) in [5, 5.41) is 12.6. The fraction of sp³-hybridized carbons (Fsp3) is 0.167. The van der Waals surface area contributed by atoms with Gasteiger partial charge in [-0.1, -0.05) is 51.4 Å². The van der Waals surface area contributed by atoms with Crippen molar-refractivity contribution in [1.29, 1.82) is 0 Å². The van der Waals surface area contributed by atoms with Crippen LogP contribution < -0.4 is 5.32 Å². The van der Waals surface area contributed by atoms with E-state index < -0.39 is 0 Å². The van der Waals surface area contributed by atoms with Gasteiger partial charge in [0.1, 0.15) is 0 Å². The van der Waals surface area contributed by atoms with Crippen molar-refractivity contribution in [3.8, 4) is 11.4 Å². The van der Waals surface area contributed by atoms with Crippen molar-refractivity contribution in [3.05, 3.63) is 57.5 Å². The van der Waals surface area contributed by atoms with Crippen molar-refractivity contribution in [3.63, 3.8) is 0 Å². The Labute approximate surface area is 169 Å². The topological polar surface area (TPSA) is 59.8 Å². The summed E-state index contributed by atoms with van der Waals surface area (Å²) in [5.74, 6) is 0.900. The van der Waals surface area contributed by atoms with Crippen LogP contribution in [0.4, 0.5) is 5.69 Å². The van der Waals surface area contributed by atoms with Crippen LogP contribution >= 0.6 is 39.3 Å². The van der Waals surface area contributed by atoms with Gasteiger partial charge < -0.3 is 9.88 Å². The Hall–Kier alpha value is -1.83. The second kappa shape index (κ2) is 8.24. The molecule has 2 aromatic carbocycles. The standard InChI is InChI=1S/C18H16BrClN4OS/c1-11-9-14(20)7-8-15(11)21-16(25)10-26-18-23-22-17(24(18)2)12-3-5-13(19)6-4-12/h3-9H,10H2,1-2H3,(H,21,25). The monoisotopic (exact) mass is 450 g/mol. The molecule has 1 N–H and O–H groups in total. The smallest absolute Gasteiger partial charge is 0.234 e. The number of benzene rings is 2. The highest BCUT2D eigenvalue weighted by Gasteiger charge is 2.13. The predicted molar refractivity (Wildman–Crippen MR) is 110 cm³/mol. The van der Waals surface area contributed by atoms with Crippen molar-refractivity contribution in [2.24, 2.45) is 7.05 Å². The van der Waals surface area contributed by atoms with E-state index in [9.17, 15) is 4.79 Å². The molecular formula is C18H16BrClN4OS. The van der Waals surface area contributed by atoms with Crippen LogP contribution in [0.2, 0.25) is 5.02 Å². The lowest BCUT2D eigenvalue weighted by Crippen LogP contribution is -2.15. The number of amides is 1. The highest BCUT2D eigenvalue weighted by Crippen LogP contribution is 2.24. The maximum Gasteiger partial charge on any atom is 0.234 e. The van der Waals surface area contributed by atoms with Crippen LogP contribution in [0.25, 0.3) is 11.4 Å². The molecule has 0 aliphatic carbocycles. The molecule has 3 rings (SSSR count). The van der Waals surface area contributed by atoms with Crippen molar-refractivity contribution in [2.75, 3.05) is 11.1 Å². The summed E-state index contributed by atoms with van der Waals surface area (Å²) in [4.78, 5) is 12.2. The summed E-state index contributed by atoms with van der Waals surface area (Å²) in [7, 11) is 1.89. The highest BCUT2D eigenvalue weighted by atomic mass is 79.9. The Kier molecular flexibility index (Phi) is 6.01. The third-order valence-electron chi connectivity index (χ3n) is 3.73. The van der Waals surface area contributed by atoms with Gasteiger partial charge in [-0.25, -0.2) is 0 Å². The molecule has 0 aliphatic rings. The molecule has 0 unspecified atom stereocenters. The van der Waals surface area contributed by atoms with Gasteiger partial charge in [-0.05, 0) is 42.8 Å². The number of thioether (sulfide) groups is 1. The number of hydrogen-bond acceptors (Lipinski definition) is 4. The number of anilines is 1. The van der Waals surface area contributed by atoms with E-state index in [1.54, 1.807) is 12.1 Å². The van der Waals surface area contributed by atoms with Gasteiger partial charge in [-0.15, -0.1) is 10.2 Å². The minimum absolute atomic E-state index is 0.103. The lowest BCUT2D eigenvalue weighted by atomic mass is 10.2. The fourth-order valence-electron chi connectivity index (χ4n) is 2.37. The van der Waals surface area contributed by atoms with Gasteiger partial charge in [0, 0.05) is 27.8 Å². The third-order valence-corrected chi connectivity index (χ3v) is 5.52. The number of halogens is 2. The van der Waals surface area contributed by atoms with Gasteiger partial charge >= 0.3 is 0 Å². The van der Waals surface area contributed by atoms with Gasteiger partial charge in [-0.3, -0.25) is 4.79 Å². The Morgan fingerprint density at radius 1 is 1.23 bits per heavy atom. The molecule has 26 heavy (non-hydrogen) atoms. The number of hydrogen-bond donors (Lipinski definition) is 1. The van der Waals surface area contributed by atoms with E-state index in [4.69, 9.17) is 11.6 Å². The zero-order valence-corrected chi connectivity index (χ0v) is 17.3. The number of aryl methyl sites for hydroxylation is 1. The molecule has 5 nitrogen and oxygen atoms in total. The van der Waals surface area contributed by atoms with Crippen LogP contribution in [0, 0.1) is 6.92 Å². The first-order valence-electron chi connectivity index (χ1n) is 7.78. The summed E-state index contributed by atoms with van der Waals surface area (Å²) >= 11 is 10.7. The lowest BCUT2D eigenvalue weighted by Gasteiger charge is -2.08. The second-order valence-electron chi connectivity index (χ2n) is 5.67. The van der Waals surface area contributed by atoms with Crippen LogP contribution in [-0.2, 0) is 11.8 Å². The maximum absolute atomic E-state index is 12.2. The molecule has 0 fully saturated rings. The maximum atomic E-state index is 12.2. The van der Waals surface area contributed by atoms with E-state index in [-0.39, 0.29) is 11.7 Å². The first kappa shape index (κ1) is 18.9. The molecule has 0 radical (unpaired) electrons. The summed E-state index contributed by atoms with van der Waals surface area (Å²) < 4.78 is 2.89. The van der Waals surface area contributed by atoms with E-state index >= 15 is 0 Å². The van der Waals surface area contributed by atoms with Gasteiger partial charge in [-0.2, -0.15) is 0 Å². The number of nitrogens with zero attached hydrogens (tertiary/aromatic N) is 3.